The van der Waals surface area contributed by atoms with Gasteiger partial charge in [-0.15, -0.1) is 0 Å². The van der Waals surface area contributed by atoms with E-state index in [0.29, 0.717) is 16.1 Å². The van der Waals surface area contributed by atoms with Crippen LogP contribution in [0, 0.1) is 10.1 Å². The van der Waals surface area contributed by atoms with Gasteiger partial charge in [0.15, 0.2) is 0 Å². The molecule has 1 N–H and O–H groups in total. The standard InChI is InChI=1S/C15H11Cl2NO4/c16-13-5-4-10(8-14(13)17)12(15(19)20)7-9-2-1-3-11(6-9)18(21)22/h1-6,8,12H,7H2,(H,19,20). The Morgan fingerprint density at radius 2 is 1.91 bits per heavy atom. The second kappa shape index (κ2) is 6.77. The van der Waals surface area contributed by atoms with Gasteiger partial charge in [-0.1, -0.05) is 41.4 Å². The molecule has 2 aromatic carbocycles. The minimum Gasteiger partial charge on any atom is -0.481 e. The molecule has 0 aliphatic heterocycles. The number of nitrogens with zero attached hydrogens (tertiary/aromatic N) is 1. The normalized spacial score (nSPS) is 11.9. The topological polar surface area (TPSA) is 80.4 Å². The zero-order valence-electron chi connectivity index (χ0n) is 11.2. The highest BCUT2D eigenvalue weighted by Crippen LogP contribution is 2.29. The number of carboxylic acid groups (broad SMARTS) is 1. The predicted molar refractivity (Wildman–Crippen MR) is 83.6 cm³/mol. The molecule has 0 aromatic heterocycles. The molecule has 0 amide bonds. The molecule has 0 heterocycles. The summed E-state index contributed by atoms with van der Waals surface area (Å²) in [5, 5.41) is 20.8. The third-order valence-corrected chi connectivity index (χ3v) is 3.94. The van der Waals surface area contributed by atoms with Crippen LogP contribution < -0.4 is 0 Å². The van der Waals surface area contributed by atoms with E-state index >= 15 is 0 Å². The Balaban J connectivity index is 2.33. The van der Waals surface area contributed by atoms with Gasteiger partial charge >= 0.3 is 5.97 Å². The van der Waals surface area contributed by atoms with Crippen LogP contribution in [0.25, 0.3) is 0 Å². The summed E-state index contributed by atoms with van der Waals surface area (Å²) in [5.74, 6) is -1.90. The van der Waals surface area contributed by atoms with Crippen LogP contribution in [-0.2, 0) is 11.2 Å². The number of nitro benzene ring substituents is 1. The highest BCUT2D eigenvalue weighted by Gasteiger charge is 2.22. The van der Waals surface area contributed by atoms with Gasteiger partial charge in [0.2, 0.25) is 0 Å². The average Bonchev–Trinajstić information content (AvgIpc) is 2.48. The van der Waals surface area contributed by atoms with E-state index < -0.39 is 16.8 Å². The maximum Gasteiger partial charge on any atom is 0.311 e. The number of rotatable bonds is 5. The van der Waals surface area contributed by atoms with Crippen molar-refractivity contribution in [2.75, 3.05) is 0 Å². The van der Waals surface area contributed by atoms with Crippen molar-refractivity contribution in [3.05, 3.63) is 73.8 Å². The molecule has 2 aromatic rings. The summed E-state index contributed by atoms with van der Waals surface area (Å²) in [7, 11) is 0. The van der Waals surface area contributed by atoms with E-state index in [0.717, 1.165) is 0 Å². The number of hydrogen-bond acceptors (Lipinski definition) is 3. The molecule has 1 atom stereocenters. The number of non-ortho nitro benzene ring substituents is 1. The molecule has 2 rings (SSSR count). The van der Waals surface area contributed by atoms with Crippen molar-refractivity contribution in [1.29, 1.82) is 0 Å². The van der Waals surface area contributed by atoms with Crippen molar-refractivity contribution >= 4 is 34.9 Å². The molecule has 0 saturated carbocycles. The van der Waals surface area contributed by atoms with Gasteiger partial charge in [-0.25, -0.2) is 0 Å². The summed E-state index contributed by atoms with van der Waals surface area (Å²) >= 11 is 11.7. The zero-order valence-corrected chi connectivity index (χ0v) is 12.7. The molecule has 22 heavy (non-hydrogen) atoms. The van der Waals surface area contributed by atoms with Crippen molar-refractivity contribution in [2.45, 2.75) is 12.3 Å². The molecule has 0 aliphatic rings. The quantitative estimate of drug-likeness (QED) is 0.649. The first-order chi connectivity index (χ1) is 10.4. The Morgan fingerprint density at radius 3 is 2.50 bits per heavy atom. The van der Waals surface area contributed by atoms with E-state index in [1.165, 1.54) is 30.3 Å². The van der Waals surface area contributed by atoms with E-state index in [4.69, 9.17) is 23.2 Å². The Bertz CT molecular complexity index is 733. The van der Waals surface area contributed by atoms with Crippen molar-refractivity contribution in [1.82, 2.24) is 0 Å². The lowest BCUT2D eigenvalue weighted by Gasteiger charge is -2.13. The minimum atomic E-state index is -1.04. The van der Waals surface area contributed by atoms with Crippen LogP contribution in [-0.4, -0.2) is 16.0 Å². The second-order valence-electron chi connectivity index (χ2n) is 4.70. The maximum atomic E-state index is 11.5. The van der Waals surface area contributed by atoms with Gasteiger partial charge in [-0.05, 0) is 29.7 Å². The minimum absolute atomic E-state index is 0.0734. The molecule has 0 aliphatic carbocycles. The van der Waals surface area contributed by atoms with Crippen molar-refractivity contribution in [3.8, 4) is 0 Å². The van der Waals surface area contributed by atoms with Crippen LogP contribution in [0.2, 0.25) is 10.0 Å². The molecular weight excluding hydrogens is 329 g/mol. The van der Waals surface area contributed by atoms with Gasteiger partial charge in [-0.2, -0.15) is 0 Å². The number of carboxylic acids is 1. The van der Waals surface area contributed by atoms with Crippen LogP contribution in [0.15, 0.2) is 42.5 Å². The van der Waals surface area contributed by atoms with Crippen molar-refractivity contribution in [3.63, 3.8) is 0 Å². The molecule has 114 valence electrons. The smallest absolute Gasteiger partial charge is 0.311 e. The number of nitro groups is 1. The fraction of sp³-hybridized carbons (Fsp3) is 0.133. The largest absolute Gasteiger partial charge is 0.481 e. The van der Waals surface area contributed by atoms with Gasteiger partial charge in [0.25, 0.3) is 5.69 Å². The molecule has 5 nitrogen and oxygen atoms in total. The fourth-order valence-electron chi connectivity index (χ4n) is 2.11. The Kier molecular flexibility index (Phi) is 5.00. The first-order valence-electron chi connectivity index (χ1n) is 6.29. The summed E-state index contributed by atoms with van der Waals surface area (Å²) in [5.41, 5.74) is 0.983. The molecular formula is C15H11Cl2NO4. The molecule has 0 saturated heterocycles. The molecule has 0 spiro atoms. The first kappa shape index (κ1) is 16.3. The Morgan fingerprint density at radius 1 is 1.18 bits per heavy atom. The summed E-state index contributed by atoms with van der Waals surface area (Å²) in [6, 6.07) is 10.5. The summed E-state index contributed by atoms with van der Waals surface area (Å²) < 4.78 is 0. The zero-order chi connectivity index (χ0) is 16.3. The number of hydrogen-bond donors (Lipinski definition) is 1. The first-order valence-corrected chi connectivity index (χ1v) is 7.05. The van der Waals surface area contributed by atoms with Gasteiger partial charge < -0.3 is 5.11 Å². The molecule has 7 heteroatoms. The molecule has 0 radical (unpaired) electrons. The lowest BCUT2D eigenvalue weighted by Crippen LogP contribution is -2.14. The van der Waals surface area contributed by atoms with Gasteiger partial charge in [0.05, 0.1) is 20.9 Å². The van der Waals surface area contributed by atoms with Crippen molar-refractivity contribution < 1.29 is 14.8 Å². The second-order valence-corrected chi connectivity index (χ2v) is 5.51. The summed E-state index contributed by atoms with van der Waals surface area (Å²) in [4.78, 5) is 21.8. The van der Waals surface area contributed by atoms with Crippen LogP contribution in [0.5, 0.6) is 0 Å². The van der Waals surface area contributed by atoms with Gasteiger partial charge in [-0.3, -0.25) is 14.9 Å². The SMILES string of the molecule is O=C(O)C(Cc1cccc([N+](=O)[O-])c1)c1ccc(Cl)c(Cl)c1. The van der Waals surface area contributed by atoms with Crippen LogP contribution in [0.1, 0.15) is 17.0 Å². The van der Waals surface area contributed by atoms with Crippen LogP contribution >= 0.6 is 23.2 Å². The maximum absolute atomic E-state index is 11.5. The highest BCUT2D eigenvalue weighted by atomic mass is 35.5. The average molecular weight is 340 g/mol. The Hall–Kier alpha value is -2.11. The van der Waals surface area contributed by atoms with E-state index in [9.17, 15) is 20.0 Å². The van der Waals surface area contributed by atoms with E-state index in [2.05, 4.69) is 0 Å². The lowest BCUT2D eigenvalue weighted by atomic mass is 9.92. The van der Waals surface area contributed by atoms with Crippen molar-refractivity contribution in [2.24, 2.45) is 0 Å². The Labute approximate surface area is 136 Å². The molecule has 0 fully saturated rings. The highest BCUT2D eigenvalue weighted by molar-refractivity contribution is 6.42. The van der Waals surface area contributed by atoms with Crippen LogP contribution in [0.4, 0.5) is 5.69 Å². The third-order valence-electron chi connectivity index (χ3n) is 3.21. The van der Waals surface area contributed by atoms with Gasteiger partial charge in [0, 0.05) is 12.1 Å². The number of benzene rings is 2. The van der Waals surface area contributed by atoms with Gasteiger partial charge in [0.1, 0.15) is 0 Å². The monoisotopic (exact) mass is 339 g/mol. The summed E-state index contributed by atoms with van der Waals surface area (Å²) in [6.45, 7) is 0. The fourth-order valence-corrected chi connectivity index (χ4v) is 2.42. The predicted octanol–water partition coefficient (Wildman–Crippen LogP) is 4.31. The summed E-state index contributed by atoms with van der Waals surface area (Å²) in [6.07, 6.45) is 0.120. The lowest BCUT2D eigenvalue weighted by molar-refractivity contribution is -0.384. The van der Waals surface area contributed by atoms with E-state index in [1.54, 1.807) is 12.1 Å². The third kappa shape index (κ3) is 3.75. The van der Waals surface area contributed by atoms with Crippen LogP contribution in [0.3, 0.4) is 0 Å². The molecule has 1 unspecified atom stereocenters. The number of halogens is 2. The number of aliphatic carboxylic acids is 1. The number of carbonyl (C=O) groups is 1. The molecule has 0 bridgehead atoms. The van der Waals surface area contributed by atoms with E-state index in [1.807, 2.05) is 0 Å². The van der Waals surface area contributed by atoms with E-state index in [-0.39, 0.29) is 17.1 Å².